The summed E-state index contributed by atoms with van der Waals surface area (Å²) >= 11 is 0. The summed E-state index contributed by atoms with van der Waals surface area (Å²) in [5, 5.41) is 15.7. The second-order valence-electron chi connectivity index (χ2n) is 5.77. The molecule has 0 bridgehead atoms. The molecule has 0 heterocycles. The summed E-state index contributed by atoms with van der Waals surface area (Å²) in [6.07, 6.45) is 3.01. The van der Waals surface area contributed by atoms with Crippen LogP contribution < -0.4 is 10.6 Å². The highest BCUT2D eigenvalue weighted by Crippen LogP contribution is 2.40. The van der Waals surface area contributed by atoms with E-state index in [-0.39, 0.29) is 23.5 Å². The van der Waals surface area contributed by atoms with E-state index in [4.69, 9.17) is 0 Å². The SMILES string of the molecule is CC1(C)C(O)CC1NC(=O)CNCC1CC1. The van der Waals surface area contributed by atoms with Crippen molar-refractivity contribution in [3.05, 3.63) is 0 Å². The van der Waals surface area contributed by atoms with E-state index in [0.29, 0.717) is 13.0 Å². The fraction of sp³-hybridized carbons (Fsp3) is 0.917. The molecule has 2 fully saturated rings. The summed E-state index contributed by atoms with van der Waals surface area (Å²) in [7, 11) is 0. The first-order chi connectivity index (χ1) is 7.50. The minimum absolute atomic E-state index is 0.0469. The van der Waals surface area contributed by atoms with Gasteiger partial charge in [-0.1, -0.05) is 13.8 Å². The van der Waals surface area contributed by atoms with Crippen molar-refractivity contribution < 1.29 is 9.90 Å². The number of nitrogens with one attached hydrogen (secondary N) is 2. The number of amides is 1. The van der Waals surface area contributed by atoms with Crippen molar-refractivity contribution in [1.29, 1.82) is 0 Å². The lowest BCUT2D eigenvalue weighted by molar-refractivity contribution is -0.128. The van der Waals surface area contributed by atoms with Crippen LogP contribution in [0.2, 0.25) is 0 Å². The molecule has 3 N–H and O–H groups in total. The maximum atomic E-state index is 11.6. The molecule has 2 aliphatic rings. The van der Waals surface area contributed by atoms with E-state index in [1.165, 1.54) is 12.8 Å². The minimum Gasteiger partial charge on any atom is -0.392 e. The molecule has 2 aliphatic carbocycles. The topological polar surface area (TPSA) is 61.4 Å². The second kappa shape index (κ2) is 4.34. The molecule has 2 atom stereocenters. The lowest BCUT2D eigenvalue weighted by Gasteiger charge is -2.49. The molecule has 2 saturated carbocycles. The molecule has 4 heteroatoms. The number of rotatable bonds is 5. The molecule has 0 saturated heterocycles. The number of carbonyl (C=O) groups excluding carboxylic acids is 1. The fourth-order valence-electron chi connectivity index (χ4n) is 2.10. The highest BCUT2D eigenvalue weighted by atomic mass is 16.3. The standard InChI is InChI=1S/C12H22N2O2/c1-12(2)9(5-10(12)15)14-11(16)7-13-6-8-3-4-8/h8-10,13,15H,3-7H2,1-2H3,(H,14,16). The van der Waals surface area contributed by atoms with E-state index in [9.17, 15) is 9.90 Å². The van der Waals surface area contributed by atoms with Crippen LogP contribution in [0.25, 0.3) is 0 Å². The van der Waals surface area contributed by atoms with E-state index in [1.807, 2.05) is 13.8 Å². The highest BCUT2D eigenvalue weighted by Gasteiger charge is 2.47. The molecule has 0 radical (unpaired) electrons. The Labute approximate surface area is 96.8 Å². The predicted octanol–water partition coefficient (Wildman–Crippen LogP) is 0.262. The summed E-state index contributed by atoms with van der Waals surface area (Å²) < 4.78 is 0. The van der Waals surface area contributed by atoms with Crippen LogP contribution in [-0.2, 0) is 4.79 Å². The van der Waals surface area contributed by atoms with Gasteiger partial charge in [-0.3, -0.25) is 4.79 Å². The molecular weight excluding hydrogens is 204 g/mol. The third-order valence-electron chi connectivity index (χ3n) is 3.97. The van der Waals surface area contributed by atoms with Crippen LogP contribution >= 0.6 is 0 Å². The largest absolute Gasteiger partial charge is 0.392 e. The Balaban J connectivity index is 1.63. The van der Waals surface area contributed by atoms with Gasteiger partial charge in [0.25, 0.3) is 0 Å². The molecule has 0 aliphatic heterocycles. The molecule has 0 aromatic carbocycles. The van der Waals surface area contributed by atoms with Gasteiger partial charge in [-0.25, -0.2) is 0 Å². The number of carbonyl (C=O) groups is 1. The normalized spacial score (nSPS) is 31.9. The summed E-state index contributed by atoms with van der Waals surface area (Å²) in [4.78, 5) is 11.6. The van der Waals surface area contributed by atoms with Gasteiger partial charge >= 0.3 is 0 Å². The van der Waals surface area contributed by atoms with Crippen LogP contribution in [0, 0.1) is 11.3 Å². The van der Waals surface area contributed by atoms with Crippen molar-refractivity contribution >= 4 is 5.91 Å². The van der Waals surface area contributed by atoms with Gasteiger partial charge in [0.1, 0.15) is 0 Å². The average Bonchev–Trinajstić information content (AvgIpc) is 3.01. The van der Waals surface area contributed by atoms with Gasteiger partial charge in [0.15, 0.2) is 0 Å². The summed E-state index contributed by atoms with van der Waals surface area (Å²) in [5.41, 5.74) is -0.174. The van der Waals surface area contributed by atoms with Crippen LogP contribution in [0.15, 0.2) is 0 Å². The van der Waals surface area contributed by atoms with Gasteiger partial charge in [-0.15, -0.1) is 0 Å². The lowest BCUT2D eigenvalue weighted by Crippen LogP contribution is -2.62. The zero-order valence-corrected chi connectivity index (χ0v) is 10.1. The average molecular weight is 226 g/mol. The maximum absolute atomic E-state index is 11.6. The minimum atomic E-state index is -0.280. The highest BCUT2D eigenvalue weighted by molar-refractivity contribution is 5.78. The Kier molecular flexibility index (Phi) is 3.22. The monoisotopic (exact) mass is 226 g/mol. The third-order valence-corrected chi connectivity index (χ3v) is 3.97. The molecule has 0 aromatic rings. The molecule has 4 nitrogen and oxygen atoms in total. The van der Waals surface area contributed by atoms with Crippen molar-refractivity contribution in [1.82, 2.24) is 10.6 Å². The molecular formula is C12H22N2O2. The Morgan fingerprint density at radius 2 is 2.12 bits per heavy atom. The molecule has 0 spiro atoms. The number of aliphatic hydroxyl groups is 1. The molecule has 1 amide bonds. The third kappa shape index (κ3) is 2.55. The number of hydrogen-bond donors (Lipinski definition) is 3. The lowest BCUT2D eigenvalue weighted by atomic mass is 9.64. The number of aliphatic hydroxyl groups excluding tert-OH is 1. The Morgan fingerprint density at radius 1 is 1.44 bits per heavy atom. The van der Waals surface area contributed by atoms with E-state index in [0.717, 1.165) is 12.5 Å². The predicted molar refractivity (Wildman–Crippen MR) is 61.9 cm³/mol. The fourth-order valence-corrected chi connectivity index (χ4v) is 2.10. The quantitative estimate of drug-likeness (QED) is 0.630. The Bertz CT molecular complexity index is 274. The van der Waals surface area contributed by atoms with E-state index in [2.05, 4.69) is 10.6 Å². The first kappa shape index (κ1) is 11.9. The van der Waals surface area contributed by atoms with Crippen molar-refractivity contribution in [2.45, 2.75) is 45.3 Å². The van der Waals surface area contributed by atoms with Crippen LogP contribution in [0.5, 0.6) is 0 Å². The van der Waals surface area contributed by atoms with Crippen molar-refractivity contribution in [2.24, 2.45) is 11.3 Å². The molecule has 2 rings (SSSR count). The zero-order chi connectivity index (χ0) is 11.8. The van der Waals surface area contributed by atoms with Crippen molar-refractivity contribution in [3.8, 4) is 0 Å². The van der Waals surface area contributed by atoms with E-state index >= 15 is 0 Å². The van der Waals surface area contributed by atoms with E-state index in [1.54, 1.807) is 0 Å². The van der Waals surface area contributed by atoms with Gasteiger partial charge in [-0.05, 0) is 31.7 Å². The molecule has 92 valence electrons. The van der Waals surface area contributed by atoms with Gasteiger partial charge < -0.3 is 15.7 Å². The second-order valence-corrected chi connectivity index (χ2v) is 5.77. The first-order valence-corrected chi connectivity index (χ1v) is 6.18. The Morgan fingerprint density at radius 3 is 2.62 bits per heavy atom. The molecule has 2 unspecified atom stereocenters. The summed E-state index contributed by atoms with van der Waals surface area (Å²) in [6, 6.07) is 0.123. The van der Waals surface area contributed by atoms with Gasteiger partial charge in [0, 0.05) is 11.5 Å². The van der Waals surface area contributed by atoms with Gasteiger partial charge in [-0.2, -0.15) is 0 Å². The van der Waals surface area contributed by atoms with Gasteiger partial charge in [0.2, 0.25) is 5.91 Å². The zero-order valence-electron chi connectivity index (χ0n) is 10.1. The Hall–Kier alpha value is -0.610. The molecule has 0 aromatic heterocycles. The van der Waals surface area contributed by atoms with Crippen LogP contribution in [-0.4, -0.2) is 36.2 Å². The van der Waals surface area contributed by atoms with E-state index < -0.39 is 0 Å². The van der Waals surface area contributed by atoms with Gasteiger partial charge in [0.05, 0.1) is 12.6 Å². The molecule has 16 heavy (non-hydrogen) atoms. The van der Waals surface area contributed by atoms with Crippen molar-refractivity contribution in [3.63, 3.8) is 0 Å². The maximum Gasteiger partial charge on any atom is 0.234 e. The van der Waals surface area contributed by atoms with Crippen LogP contribution in [0.1, 0.15) is 33.1 Å². The summed E-state index contributed by atoms with van der Waals surface area (Å²) in [6.45, 7) is 5.34. The van der Waals surface area contributed by atoms with Crippen molar-refractivity contribution in [2.75, 3.05) is 13.1 Å². The summed E-state index contributed by atoms with van der Waals surface area (Å²) in [5.74, 6) is 0.848. The first-order valence-electron chi connectivity index (χ1n) is 6.18. The van der Waals surface area contributed by atoms with Crippen LogP contribution in [0.4, 0.5) is 0 Å². The number of hydrogen-bond acceptors (Lipinski definition) is 3. The smallest absolute Gasteiger partial charge is 0.234 e. The van der Waals surface area contributed by atoms with Crippen LogP contribution in [0.3, 0.4) is 0 Å².